The number of anilines is 12. The highest BCUT2D eigenvalue weighted by Crippen LogP contribution is 2.50. The van der Waals surface area contributed by atoms with E-state index in [2.05, 4.69) is 322 Å². The van der Waals surface area contributed by atoms with Gasteiger partial charge in [0.2, 0.25) is 0 Å². The second kappa shape index (κ2) is 20.9. The fourth-order valence-corrected chi connectivity index (χ4v) is 13.3. The minimum absolute atomic E-state index is 0.0865. The number of nitrogens with zero attached hydrogens (tertiary/aromatic N) is 4. The molecule has 0 N–H and O–H groups in total. The highest BCUT2D eigenvalue weighted by Gasteiger charge is 2.47. The Labute approximate surface area is 484 Å². The number of benzene rings is 11. The summed E-state index contributed by atoms with van der Waals surface area (Å²) in [6.45, 7) is 13.9. The highest BCUT2D eigenvalue weighted by molar-refractivity contribution is 7.02. The lowest BCUT2D eigenvalue weighted by Crippen LogP contribution is -2.64. The topological polar surface area (TPSA) is 22.2 Å². The third kappa shape index (κ3) is 8.66. The lowest BCUT2D eigenvalue weighted by molar-refractivity contribution is 0.487. The molecule has 0 fully saturated rings. The Balaban J connectivity index is 1.11. The molecule has 0 aliphatic carbocycles. The minimum Gasteiger partial charge on any atom is -0.458 e. The van der Waals surface area contributed by atoms with Crippen LogP contribution >= 0.6 is 0 Å². The summed E-state index contributed by atoms with van der Waals surface area (Å²) in [6, 6.07) is 96.0. The van der Waals surface area contributed by atoms with Crippen LogP contribution in [-0.4, -0.2) is 13.4 Å². The van der Waals surface area contributed by atoms with Gasteiger partial charge in [-0.1, -0.05) is 199 Å². The Morgan fingerprint density at radius 1 is 0.305 bits per heavy atom. The summed E-state index contributed by atoms with van der Waals surface area (Å²) in [5.41, 5.74) is 24.7. The fraction of sp³-hybridized carbons (Fsp3) is 0.120. The quantitative estimate of drug-likeness (QED) is 0.113. The first kappa shape index (κ1) is 50.7. The van der Waals surface area contributed by atoms with Crippen LogP contribution in [0, 0.1) is 0 Å². The van der Waals surface area contributed by atoms with Crippen molar-refractivity contribution in [3.8, 4) is 11.5 Å². The number of hydrogen-bond acceptors (Lipinski definition) is 5. The van der Waals surface area contributed by atoms with E-state index in [1.165, 1.54) is 49.5 Å². The third-order valence-electron chi connectivity index (χ3n) is 17.0. The molecule has 396 valence electrons. The normalized spacial score (nSPS) is 12.8. The molecule has 5 nitrogen and oxygen atoms in total. The highest BCUT2D eigenvalue weighted by atomic mass is 16.5. The van der Waals surface area contributed by atoms with Gasteiger partial charge in [0.1, 0.15) is 11.5 Å². The van der Waals surface area contributed by atoms with E-state index in [9.17, 15) is 0 Å². The van der Waals surface area contributed by atoms with Crippen LogP contribution in [0.25, 0.3) is 0 Å². The van der Waals surface area contributed by atoms with E-state index in [0.717, 1.165) is 79.7 Å². The molecule has 0 saturated carbocycles. The first-order valence-electron chi connectivity index (χ1n) is 29.1. The predicted octanol–water partition coefficient (Wildman–Crippen LogP) is 16.7. The van der Waals surface area contributed by atoms with Crippen LogP contribution in [0.5, 0.6) is 11.5 Å². The standard InChI is InChI=1S/C75H64B2N4O/c1-50(2)53-43-62(51(3)4)74(63(44-53)52(5)6)77-65-39-25-26-40-72(65)82-73-49-69-66(48-67(73)77)76-64-42-41-60(78(54-27-13-7-14-28-54)55-29-15-8-16-30-55)45-68(64)80(58-35-21-11-22-36-58)70-46-61(47-71(75(70)76)81(69)59-37-23-12-24-38-59)79(56-31-17-9-18-32-56)57-33-19-10-20-34-57/h7-52H,1-6H3. The van der Waals surface area contributed by atoms with Crippen molar-refractivity contribution in [1.82, 2.24) is 0 Å². The van der Waals surface area contributed by atoms with Crippen molar-refractivity contribution in [1.29, 1.82) is 0 Å². The lowest BCUT2D eigenvalue weighted by atomic mass is 9.30. The monoisotopic (exact) mass is 1060 g/mol. The number of para-hydroxylation sites is 7. The van der Waals surface area contributed by atoms with Crippen molar-refractivity contribution in [3.63, 3.8) is 0 Å². The van der Waals surface area contributed by atoms with E-state index in [1.54, 1.807) is 0 Å². The molecular weight excluding hydrogens is 994 g/mol. The summed E-state index contributed by atoms with van der Waals surface area (Å²) in [6.07, 6.45) is 0. The average molecular weight is 1060 g/mol. The zero-order valence-electron chi connectivity index (χ0n) is 47.4. The summed E-state index contributed by atoms with van der Waals surface area (Å²) in [4.78, 5) is 9.85. The summed E-state index contributed by atoms with van der Waals surface area (Å²) in [7, 11) is 0. The smallest absolute Gasteiger partial charge is 0.252 e. The molecule has 3 aliphatic rings. The SMILES string of the molecule is CC(C)c1cc(C(C)C)c(B2c3ccccc3Oc3cc4c(cc32)B2c3ccc(N(c5ccccc5)c5ccccc5)cc3N(c3ccccc3)c3cc(N(c5ccccc5)c5ccccc5)cc(c32)N4c2ccccc2)c(C(C)C)c1. The molecule has 0 amide bonds. The Hall–Kier alpha value is -9.45. The average Bonchev–Trinajstić information content (AvgIpc) is 2.15. The van der Waals surface area contributed by atoms with E-state index in [1.807, 2.05) is 0 Å². The number of rotatable bonds is 12. The molecule has 0 spiro atoms. The molecular formula is C75H64B2N4O. The molecule has 0 atom stereocenters. The van der Waals surface area contributed by atoms with Crippen molar-refractivity contribution in [2.45, 2.75) is 59.3 Å². The predicted molar refractivity (Wildman–Crippen MR) is 350 cm³/mol. The molecule has 0 unspecified atom stereocenters. The van der Waals surface area contributed by atoms with Gasteiger partial charge >= 0.3 is 0 Å². The van der Waals surface area contributed by atoms with Crippen LogP contribution in [0.1, 0.15) is 76.0 Å². The van der Waals surface area contributed by atoms with Gasteiger partial charge in [0.05, 0.1) is 5.69 Å². The van der Waals surface area contributed by atoms with Crippen LogP contribution in [0.4, 0.5) is 68.2 Å². The number of fused-ring (bicyclic) bond motifs is 6. The molecule has 11 aromatic rings. The second-order valence-corrected chi connectivity index (χ2v) is 23.0. The zero-order valence-corrected chi connectivity index (χ0v) is 47.4. The van der Waals surface area contributed by atoms with Crippen LogP contribution in [0.15, 0.2) is 261 Å². The van der Waals surface area contributed by atoms with Gasteiger partial charge in [-0.05, 0) is 165 Å². The minimum atomic E-state index is -0.192. The molecule has 14 rings (SSSR count). The molecule has 7 heteroatoms. The Kier molecular flexibility index (Phi) is 12.9. The van der Waals surface area contributed by atoms with Crippen LogP contribution in [0.3, 0.4) is 0 Å². The molecule has 0 radical (unpaired) electrons. The molecule has 0 aromatic heterocycles. The summed E-state index contributed by atoms with van der Waals surface area (Å²) in [5, 5.41) is 0. The zero-order chi connectivity index (χ0) is 55.6. The number of hydrogen-bond donors (Lipinski definition) is 0. The van der Waals surface area contributed by atoms with Gasteiger partial charge in [-0.3, -0.25) is 0 Å². The second-order valence-electron chi connectivity index (χ2n) is 23.0. The maximum Gasteiger partial charge on any atom is 0.252 e. The van der Waals surface area contributed by atoms with E-state index in [-0.39, 0.29) is 13.4 Å². The van der Waals surface area contributed by atoms with E-state index < -0.39 is 0 Å². The van der Waals surface area contributed by atoms with Gasteiger partial charge in [0, 0.05) is 68.6 Å². The summed E-state index contributed by atoms with van der Waals surface area (Å²) in [5.74, 6) is 2.77. The van der Waals surface area contributed by atoms with Crippen molar-refractivity contribution in [2.75, 3.05) is 19.6 Å². The fourth-order valence-electron chi connectivity index (χ4n) is 13.3. The molecule has 3 heterocycles. The Morgan fingerprint density at radius 2 is 0.720 bits per heavy atom. The summed E-state index contributed by atoms with van der Waals surface area (Å²) >= 11 is 0. The number of ether oxygens (including phenoxy) is 1. The molecule has 11 aromatic carbocycles. The van der Waals surface area contributed by atoms with Crippen molar-refractivity contribution in [2.24, 2.45) is 0 Å². The van der Waals surface area contributed by atoms with Gasteiger partial charge in [0.25, 0.3) is 13.4 Å². The van der Waals surface area contributed by atoms with Gasteiger partial charge < -0.3 is 24.3 Å². The first-order valence-corrected chi connectivity index (χ1v) is 29.1. The third-order valence-corrected chi connectivity index (χ3v) is 17.0. The lowest BCUT2D eigenvalue weighted by Gasteiger charge is -2.46. The van der Waals surface area contributed by atoms with E-state index in [0.29, 0.717) is 17.8 Å². The first-order chi connectivity index (χ1) is 40.2. The van der Waals surface area contributed by atoms with Crippen LogP contribution in [0.2, 0.25) is 0 Å². The molecule has 3 aliphatic heterocycles. The van der Waals surface area contributed by atoms with Gasteiger partial charge in [-0.25, -0.2) is 0 Å². The molecule has 82 heavy (non-hydrogen) atoms. The van der Waals surface area contributed by atoms with Crippen molar-refractivity contribution in [3.05, 3.63) is 278 Å². The maximum absolute atomic E-state index is 7.34. The summed E-state index contributed by atoms with van der Waals surface area (Å²) < 4.78 is 7.34. The van der Waals surface area contributed by atoms with Gasteiger partial charge in [0.15, 0.2) is 0 Å². The van der Waals surface area contributed by atoms with E-state index >= 15 is 0 Å². The van der Waals surface area contributed by atoms with E-state index in [4.69, 9.17) is 4.74 Å². The molecule has 0 bridgehead atoms. The Bertz CT molecular complexity index is 4030. The molecule has 0 saturated heterocycles. The van der Waals surface area contributed by atoms with Gasteiger partial charge in [-0.2, -0.15) is 0 Å². The Morgan fingerprint density at radius 3 is 1.20 bits per heavy atom. The van der Waals surface area contributed by atoms with Gasteiger partial charge in [-0.15, -0.1) is 0 Å². The largest absolute Gasteiger partial charge is 0.458 e. The maximum atomic E-state index is 7.34. The van der Waals surface area contributed by atoms with Crippen molar-refractivity contribution < 1.29 is 4.74 Å². The van der Waals surface area contributed by atoms with Crippen molar-refractivity contribution >= 4 is 114 Å². The van der Waals surface area contributed by atoms with Crippen LogP contribution in [-0.2, 0) is 0 Å². The van der Waals surface area contributed by atoms with Crippen LogP contribution < -0.4 is 57.1 Å².